The lowest BCUT2D eigenvalue weighted by Gasteiger charge is -2.14. The fourth-order valence-corrected chi connectivity index (χ4v) is 0.777. The lowest BCUT2D eigenvalue weighted by molar-refractivity contribution is -0.139. The molecule has 1 amide bonds. The molecule has 0 heterocycles. The zero-order chi connectivity index (χ0) is 11.1. The fourth-order valence-electron chi connectivity index (χ4n) is 0.777. The molecule has 0 radical (unpaired) electrons. The van der Waals surface area contributed by atoms with Gasteiger partial charge in [0.05, 0.1) is 6.10 Å². The Labute approximate surface area is 81.9 Å². The van der Waals surface area contributed by atoms with Gasteiger partial charge in [-0.1, -0.05) is 0 Å². The number of aliphatic carboxylic acids is 1. The first-order chi connectivity index (χ1) is 6.47. The van der Waals surface area contributed by atoms with E-state index in [9.17, 15) is 9.59 Å². The zero-order valence-corrected chi connectivity index (χ0v) is 8.19. The molecule has 14 heavy (non-hydrogen) atoms. The highest BCUT2D eigenvalue weighted by molar-refractivity contribution is 5.79. The molecule has 3 N–H and O–H groups in total. The van der Waals surface area contributed by atoms with Crippen LogP contribution in [0.25, 0.3) is 0 Å². The number of aliphatic hydroxyl groups excluding tert-OH is 1. The molecule has 0 aromatic heterocycles. The third kappa shape index (κ3) is 5.36. The van der Waals surface area contributed by atoms with Crippen LogP contribution in [0.1, 0.15) is 20.3 Å². The quantitative estimate of drug-likeness (QED) is 0.585. The van der Waals surface area contributed by atoms with E-state index in [1.54, 1.807) is 13.8 Å². The molecule has 0 saturated carbocycles. The van der Waals surface area contributed by atoms with Crippen molar-refractivity contribution < 1.29 is 24.5 Å². The molecule has 82 valence electrons. The molecule has 0 saturated heterocycles. The average Bonchev–Trinajstić information content (AvgIpc) is 2.01. The Morgan fingerprint density at radius 3 is 2.36 bits per heavy atom. The van der Waals surface area contributed by atoms with E-state index in [0.29, 0.717) is 0 Å². The standard InChI is InChI=1S/C8H15NO5/c1-5(2)14-8(13)9-6(3-4-10)7(11)12/h5-6,10H,3-4H2,1-2H3,(H,9,13)(H,11,12). The molecule has 0 fully saturated rings. The molecule has 0 spiro atoms. The van der Waals surface area contributed by atoms with Gasteiger partial charge in [0.2, 0.25) is 0 Å². The van der Waals surface area contributed by atoms with Crippen LogP contribution in [0.2, 0.25) is 0 Å². The molecule has 6 heteroatoms. The van der Waals surface area contributed by atoms with Crippen LogP contribution in [0.3, 0.4) is 0 Å². The second-order valence-electron chi connectivity index (χ2n) is 3.00. The second-order valence-corrected chi connectivity index (χ2v) is 3.00. The molecule has 1 unspecified atom stereocenters. The Morgan fingerprint density at radius 2 is 2.00 bits per heavy atom. The van der Waals surface area contributed by atoms with Gasteiger partial charge in [-0.3, -0.25) is 0 Å². The Bertz CT molecular complexity index is 204. The molecule has 0 aliphatic rings. The summed E-state index contributed by atoms with van der Waals surface area (Å²) in [5, 5.41) is 19.3. The van der Waals surface area contributed by atoms with E-state index in [4.69, 9.17) is 10.2 Å². The summed E-state index contributed by atoms with van der Waals surface area (Å²) in [6, 6.07) is -1.11. The van der Waals surface area contributed by atoms with Crippen molar-refractivity contribution in [3.05, 3.63) is 0 Å². The van der Waals surface area contributed by atoms with Crippen LogP contribution in [0.4, 0.5) is 4.79 Å². The van der Waals surface area contributed by atoms with Crippen LogP contribution in [0.5, 0.6) is 0 Å². The Balaban J connectivity index is 4.02. The highest BCUT2D eigenvalue weighted by Gasteiger charge is 2.20. The first-order valence-corrected chi connectivity index (χ1v) is 4.28. The molecule has 0 aliphatic heterocycles. The summed E-state index contributed by atoms with van der Waals surface area (Å²) in [5.41, 5.74) is 0. The summed E-state index contributed by atoms with van der Waals surface area (Å²) in [6.45, 7) is 3.00. The fraction of sp³-hybridized carbons (Fsp3) is 0.750. The van der Waals surface area contributed by atoms with Gasteiger partial charge in [-0.05, 0) is 13.8 Å². The highest BCUT2D eigenvalue weighted by atomic mass is 16.6. The highest BCUT2D eigenvalue weighted by Crippen LogP contribution is 1.94. The molecular formula is C8H15NO5. The number of carboxylic acid groups (broad SMARTS) is 1. The lowest BCUT2D eigenvalue weighted by Crippen LogP contribution is -2.42. The maximum atomic E-state index is 11.0. The predicted octanol–water partition coefficient (Wildman–Crippen LogP) is -0.0434. The minimum atomic E-state index is -1.19. The molecule has 1 atom stereocenters. The van der Waals surface area contributed by atoms with Crippen LogP contribution in [-0.2, 0) is 9.53 Å². The number of hydrogen-bond acceptors (Lipinski definition) is 4. The van der Waals surface area contributed by atoms with Crippen molar-refractivity contribution in [2.75, 3.05) is 6.61 Å². The van der Waals surface area contributed by atoms with Gasteiger partial charge in [0, 0.05) is 13.0 Å². The molecule has 6 nitrogen and oxygen atoms in total. The first kappa shape index (κ1) is 12.7. The monoisotopic (exact) mass is 205 g/mol. The molecule has 0 bridgehead atoms. The SMILES string of the molecule is CC(C)OC(=O)NC(CCO)C(=O)O. The largest absolute Gasteiger partial charge is 0.480 e. The van der Waals surface area contributed by atoms with Crippen molar-refractivity contribution in [1.82, 2.24) is 5.32 Å². The van der Waals surface area contributed by atoms with E-state index in [0.717, 1.165) is 0 Å². The smallest absolute Gasteiger partial charge is 0.408 e. The number of aliphatic hydroxyl groups is 1. The van der Waals surface area contributed by atoms with Crippen molar-refractivity contribution in [3.8, 4) is 0 Å². The van der Waals surface area contributed by atoms with Crippen molar-refractivity contribution in [1.29, 1.82) is 0 Å². The van der Waals surface area contributed by atoms with E-state index in [-0.39, 0.29) is 19.1 Å². The van der Waals surface area contributed by atoms with Crippen LogP contribution in [-0.4, -0.2) is 41.0 Å². The van der Waals surface area contributed by atoms with Gasteiger partial charge >= 0.3 is 12.1 Å². The topological polar surface area (TPSA) is 95.9 Å². The number of alkyl carbamates (subject to hydrolysis) is 1. The number of hydrogen-bond donors (Lipinski definition) is 3. The van der Waals surface area contributed by atoms with Gasteiger partial charge in [-0.25, -0.2) is 9.59 Å². The van der Waals surface area contributed by atoms with Gasteiger partial charge in [0.1, 0.15) is 6.04 Å². The average molecular weight is 205 g/mol. The van der Waals surface area contributed by atoms with Crippen LogP contribution in [0, 0.1) is 0 Å². The predicted molar refractivity (Wildman–Crippen MR) is 47.9 cm³/mol. The van der Waals surface area contributed by atoms with Crippen LogP contribution in [0.15, 0.2) is 0 Å². The number of amides is 1. The van der Waals surface area contributed by atoms with E-state index in [2.05, 4.69) is 10.1 Å². The summed E-state index contributed by atoms with van der Waals surface area (Å²) >= 11 is 0. The van der Waals surface area contributed by atoms with Gasteiger partial charge in [0.25, 0.3) is 0 Å². The molecule has 0 aliphatic carbocycles. The number of nitrogens with one attached hydrogen (secondary N) is 1. The molecule has 0 aromatic rings. The van der Waals surface area contributed by atoms with Crippen LogP contribution >= 0.6 is 0 Å². The van der Waals surface area contributed by atoms with E-state index in [1.807, 2.05) is 0 Å². The van der Waals surface area contributed by atoms with E-state index in [1.165, 1.54) is 0 Å². The summed E-state index contributed by atoms with van der Waals surface area (Å²) in [7, 11) is 0. The van der Waals surface area contributed by atoms with Gasteiger partial charge < -0.3 is 20.3 Å². The van der Waals surface area contributed by atoms with Crippen molar-refractivity contribution in [2.24, 2.45) is 0 Å². The Hall–Kier alpha value is -1.30. The van der Waals surface area contributed by atoms with E-state index < -0.39 is 18.1 Å². The summed E-state index contributed by atoms with van der Waals surface area (Å²) in [6.07, 6.45) is -1.14. The van der Waals surface area contributed by atoms with Crippen molar-refractivity contribution in [2.45, 2.75) is 32.4 Å². The molecular weight excluding hydrogens is 190 g/mol. The number of ether oxygens (including phenoxy) is 1. The third-order valence-corrected chi connectivity index (χ3v) is 1.35. The number of rotatable bonds is 5. The van der Waals surface area contributed by atoms with Crippen molar-refractivity contribution in [3.63, 3.8) is 0 Å². The molecule has 0 aromatic carbocycles. The van der Waals surface area contributed by atoms with Gasteiger partial charge in [-0.15, -0.1) is 0 Å². The molecule has 0 rings (SSSR count). The minimum Gasteiger partial charge on any atom is -0.480 e. The van der Waals surface area contributed by atoms with Crippen molar-refractivity contribution >= 4 is 12.1 Å². The summed E-state index contributed by atoms with van der Waals surface area (Å²) in [5.74, 6) is -1.19. The number of carbonyl (C=O) groups excluding carboxylic acids is 1. The first-order valence-electron chi connectivity index (χ1n) is 4.28. The second kappa shape index (κ2) is 6.20. The number of carbonyl (C=O) groups is 2. The summed E-state index contributed by atoms with van der Waals surface area (Å²) in [4.78, 5) is 21.5. The zero-order valence-electron chi connectivity index (χ0n) is 8.19. The Morgan fingerprint density at radius 1 is 1.43 bits per heavy atom. The van der Waals surface area contributed by atoms with E-state index >= 15 is 0 Å². The minimum absolute atomic E-state index is 0.0392. The lowest BCUT2D eigenvalue weighted by atomic mass is 10.2. The third-order valence-electron chi connectivity index (χ3n) is 1.35. The maximum absolute atomic E-state index is 11.0. The number of carboxylic acids is 1. The van der Waals surface area contributed by atoms with Gasteiger partial charge in [-0.2, -0.15) is 0 Å². The normalized spacial score (nSPS) is 12.3. The van der Waals surface area contributed by atoms with Gasteiger partial charge in [0.15, 0.2) is 0 Å². The maximum Gasteiger partial charge on any atom is 0.408 e. The Kier molecular flexibility index (Phi) is 5.62. The summed E-state index contributed by atoms with van der Waals surface area (Å²) < 4.78 is 4.68. The van der Waals surface area contributed by atoms with Crippen LogP contribution < -0.4 is 5.32 Å².